The van der Waals surface area contributed by atoms with Gasteiger partial charge in [0.15, 0.2) is 0 Å². The molecule has 7 nitrogen and oxygen atoms in total. The molecule has 122 valence electrons. The van der Waals surface area contributed by atoms with Crippen molar-refractivity contribution in [3.05, 3.63) is 48.0 Å². The first-order chi connectivity index (χ1) is 10.8. The molecule has 1 amide bonds. The highest BCUT2D eigenvalue weighted by Crippen LogP contribution is 2.23. The lowest BCUT2D eigenvalue weighted by Gasteiger charge is -2.10. The molecule has 0 radical (unpaired) electrons. The molecule has 2 rings (SSSR count). The Labute approximate surface area is 133 Å². The number of primary amides is 1. The van der Waals surface area contributed by atoms with Gasteiger partial charge in [-0.2, -0.15) is 0 Å². The number of sulfonamides is 1. The topological polar surface area (TPSA) is 119 Å². The van der Waals surface area contributed by atoms with Gasteiger partial charge < -0.3 is 15.6 Å². The van der Waals surface area contributed by atoms with E-state index in [1.165, 1.54) is 6.07 Å². The summed E-state index contributed by atoms with van der Waals surface area (Å²) in [6, 6.07) is 9.68. The van der Waals surface area contributed by atoms with Gasteiger partial charge in [0.2, 0.25) is 0 Å². The number of benzene rings is 2. The molecule has 0 saturated heterocycles. The number of amides is 1. The van der Waals surface area contributed by atoms with Crippen LogP contribution in [0.5, 0.6) is 11.5 Å². The molecule has 0 aliphatic heterocycles. The molecule has 0 spiro atoms. The van der Waals surface area contributed by atoms with E-state index in [0.29, 0.717) is 18.0 Å². The molecule has 0 heterocycles. The molecule has 2 aromatic rings. The van der Waals surface area contributed by atoms with E-state index in [0.717, 1.165) is 12.1 Å². The summed E-state index contributed by atoms with van der Waals surface area (Å²) in [4.78, 5) is 11.0. The van der Waals surface area contributed by atoms with Gasteiger partial charge in [-0.1, -0.05) is 0 Å². The number of rotatable bonds is 6. The highest BCUT2D eigenvalue weighted by molar-refractivity contribution is 7.92. The summed E-state index contributed by atoms with van der Waals surface area (Å²) >= 11 is 0. The predicted octanol–water partition coefficient (Wildman–Crippen LogP) is 1.69. The Morgan fingerprint density at radius 3 is 2.43 bits per heavy atom. The molecule has 0 atom stereocenters. The van der Waals surface area contributed by atoms with Gasteiger partial charge in [0, 0.05) is 5.69 Å². The van der Waals surface area contributed by atoms with E-state index in [-0.39, 0.29) is 16.2 Å². The van der Waals surface area contributed by atoms with Crippen LogP contribution in [0.1, 0.15) is 17.3 Å². The molecular formula is C15H16N2O5S. The molecule has 8 heteroatoms. The summed E-state index contributed by atoms with van der Waals surface area (Å²) in [7, 11) is -3.92. The summed E-state index contributed by atoms with van der Waals surface area (Å²) in [5.41, 5.74) is 5.17. The number of aromatic hydroxyl groups is 1. The number of hydrogen-bond acceptors (Lipinski definition) is 5. The number of carbonyl (C=O) groups is 1. The van der Waals surface area contributed by atoms with Crippen LogP contribution in [-0.4, -0.2) is 26.0 Å². The van der Waals surface area contributed by atoms with Gasteiger partial charge in [-0.15, -0.1) is 0 Å². The van der Waals surface area contributed by atoms with Gasteiger partial charge in [0.25, 0.3) is 15.9 Å². The Morgan fingerprint density at radius 1 is 1.22 bits per heavy atom. The number of carbonyl (C=O) groups excluding carboxylic acids is 1. The van der Waals surface area contributed by atoms with E-state index in [4.69, 9.17) is 10.5 Å². The molecule has 0 saturated carbocycles. The molecule has 0 unspecified atom stereocenters. The molecule has 0 aliphatic carbocycles. The summed E-state index contributed by atoms with van der Waals surface area (Å²) in [6.45, 7) is 2.35. The Morgan fingerprint density at radius 2 is 1.87 bits per heavy atom. The molecule has 2 aromatic carbocycles. The largest absolute Gasteiger partial charge is 0.507 e. The zero-order chi connectivity index (χ0) is 17.0. The standard InChI is InChI=1S/C15H16N2O5S/c1-2-22-11-5-3-10(4-6-11)17-23(20,21)12-7-8-14(18)13(9-12)15(16)19/h3-9,17-18H,2H2,1H3,(H2,16,19). The third-order valence-corrected chi connectivity index (χ3v) is 4.34. The van der Waals surface area contributed by atoms with Crippen LogP contribution in [0.15, 0.2) is 47.4 Å². The first-order valence-corrected chi connectivity index (χ1v) is 8.20. The summed E-state index contributed by atoms with van der Waals surface area (Å²) < 4.78 is 32.3. The maximum atomic E-state index is 12.3. The number of hydrogen-bond donors (Lipinski definition) is 3. The number of nitrogens with two attached hydrogens (primary N) is 1. The van der Waals surface area contributed by atoms with E-state index in [2.05, 4.69) is 4.72 Å². The molecule has 0 aliphatic rings. The van der Waals surface area contributed by atoms with E-state index >= 15 is 0 Å². The minimum atomic E-state index is -3.92. The van der Waals surface area contributed by atoms with Crippen molar-refractivity contribution in [3.8, 4) is 11.5 Å². The van der Waals surface area contributed by atoms with Crippen LogP contribution in [0.4, 0.5) is 5.69 Å². The lowest BCUT2D eigenvalue weighted by Crippen LogP contribution is -2.16. The number of ether oxygens (including phenoxy) is 1. The molecule has 0 bridgehead atoms. The average molecular weight is 336 g/mol. The van der Waals surface area contributed by atoms with E-state index in [1.54, 1.807) is 24.3 Å². The Hall–Kier alpha value is -2.74. The Bertz CT molecular complexity index is 816. The van der Waals surface area contributed by atoms with Crippen LogP contribution in [0.25, 0.3) is 0 Å². The van der Waals surface area contributed by atoms with Gasteiger partial charge in [-0.05, 0) is 49.4 Å². The van der Waals surface area contributed by atoms with Crippen LogP contribution in [0, 0.1) is 0 Å². The zero-order valence-electron chi connectivity index (χ0n) is 12.3. The zero-order valence-corrected chi connectivity index (χ0v) is 13.1. The van der Waals surface area contributed by atoms with Crippen molar-refractivity contribution < 1.29 is 23.1 Å². The second-order valence-corrected chi connectivity index (χ2v) is 6.29. The third-order valence-electron chi connectivity index (χ3n) is 2.96. The van der Waals surface area contributed by atoms with Crippen LogP contribution in [0.2, 0.25) is 0 Å². The lowest BCUT2D eigenvalue weighted by molar-refractivity contribution is 0.0997. The second-order valence-electron chi connectivity index (χ2n) is 4.61. The van der Waals surface area contributed by atoms with Gasteiger partial charge in [0.1, 0.15) is 11.5 Å². The average Bonchev–Trinajstić information content (AvgIpc) is 2.49. The van der Waals surface area contributed by atoms with Crippen molar-refractivity contribution in [1.82, 2.24) is 0 Å². The van der Waals surface area contributed by atoms with Crippen LogP contribution in [-0.2, 0) is 10.0 Å². The second kappa shape index (κ2) is 6.57. The fourth-order valence-electron chi connectivity index (χ4n) is 1.88. The van der Waals surface area contributed by atoms with Gasteiger partial charge >= 0.3 is 0 Å². The Balaban J connectivity index is 2.28. The number of anilines is 1. The van der Waals surface area contributed by atoms with E-state index < -0.39 is 15.9 Å². The summed E-state index contributed by atoms with van der Waals surface area (Å²) in [6.07, 6.45) is 0. The monoisotopic (exact) mass is 336 g/mol. The van der Waals surface area contributed by atoms with Crippen molar-refractivity contribution >= 4 is 21.6 Å². The maximum Gasteiger partial charge on any atom is 0.261 e. The summed E-state index contributed by atoms with van der Waals surface area (Å²) in [5.74, 6) is -0.672. The van der Waals surface area contributed by atoms with Gasteiger partial charge in [0.05, 0.1) is 17.1 Å². The van der Waals surface area contributed by atoms with Crippen molar-refractivity contribution in [1.29, 1.82) is 0 Å². The molecule has 4 N–H and O–H groups in total. The Kier molecular flexibility index (Phi) is 4.75. The fraction of sp³-hybridized carbons (Fsp3) is 0.133. The number of phenols is 1. The van der Waals surface area contributed by atoms with Crippen molar-refractivity contribution in [2.45, 2.75) is 11.8 Å². The molecule has 0 fully saturated rings. The normalized spacial score (nSPS) is 11.0. The highest BCUT2D eigenvalue weighted by atomic mass is 32.2. The van der Waals surface area contributed by atoms with Crippen LogP contribution >= 0.6 is 0 Å². The van der Waals surface area contributed by atoms with E-state index in [1.807, 2.05) is 6.92 Å². The lowest BCUT2D eigenvalue weighted by atomic mass is 10.2. The maximum absolute atomic E-state index is 12.3. The third kappa shape index (κ3) is 3.92. The minimum absolute atomic E-state index is 0.182. The van der Waals surface area contributed by atoms with Gasteiger partial charge in [-0.3, -0.25) is 9.52 Å². The fourth-order valence-corrected chi connectivity index (χ4v) is 2.96. The molecular weight excluding hydrogens is 320 g/mol. The van der Waals surface area contributed by atoms with Gasteiger partial charge in [-0.25, -0.2) is 8.42 Å². The quantitative estimate of drug-likeness (QED) is 0.742. The highest BCUT2D eigenvalue weighted by Gasteiger charge is 2.18. The van der Waals surface area contributed by atoms with Crippen LogP contribution in [0.3, 0.4) is 0 Å². The van der Waals surface area contributed by atoms with Crippen LogP contribution < -0.4 is 15.2 Å². The SMILES string of the molecule is CCOc1ccc(NS(=O)(=O)c2ccc(O)c(C(N)=O)c2)cc1. The first kappa shape index (κ1) is 16.6. The van der Waals surface area contributed by atoms with E-state index in [9.17, 15) is 18.3 Å². The smallest absolute Gasteiger partial charge is 0.261 e. The van der Waals surface area contributed by atoms with Crippen molar-refractivity contribution in [2.75, 3.05) is 11.3 Å². The minimum Gasteiger partial charge on any atom is -0.507 e. The first-order valence-electron chi connectivity index (χ1n) is 6.72. The van der Waals surface area contributed by atoms with Crippen molar-refractivity contribution in [3.63, 3.8) is 0 Å². The molecule has 23 heavy (non-hydrogen) atoms. The summed E-state index contributed by atoms with van der Waals surface area (Å²) in [5, 5.41) is 9.51. The number of nitrogens with one attached hydrogen (secondary N) is 1. The molecule has 0 aromatic heterocycles. The predicted molar refractivity (Wildman–Crippen MR) is 85.0 cm³/mol. The van der Waals surface area contributed by atoms with Crippen molar-refractivity contribution in [2.24, 2.45) is 5.73 Å².